The van der Waals surface area contributed by atoms with Gasteiger partial charge in [-0.1, -0.05) is 11.6 Å². The maximum atomic E-state index is 10.8. The van der Waals surface area contributed by atoms with E-state index >= 15 is 0 Å². The molecule has 1 unspecified atom stereocenters. The Morgan fingerprint density at radius 2 is 2.33 bits per heavy atom. The molecule has 1 rings (SSSR count). The lowest BCUT2D eigenvalue weighted by atomic mass is 10.1. The molecule has 0 aromatic heterocycles. The largest absolute Gasteiger partial charge is 0.464 e. The molecular weight excluding hydrogens is 180 g/mol. The fourth-order valence-corrected chi connectivity index (χ4v) is 1.20. The number of carbonyl (C=O) groups is 1. The van der Waals surface area contributed by atoms with Crippen molar-refractivity contribution in [1.29, 1.82) is 0 Å². The van der Waals surface area contributed by atoms with Crippen LogP contribution < -0.4 is 11.5 Å². The lowest BCUT2D eigenvalue weighted by Gasteiger charge is -2.27. The highest BCUT2D eigenvalue weighted by atomic mass is 35.5. The van der Waals surface area contributed by atoms with Gasteiger partial charge in [0, 0.05) is 11.1 Å². The molecule has 4 nitrogen and oxygen atoms in total. The van der Waals surface area contributed by atoms with Crippen LogP contribution in [0, 0.1) is 0 Å². The Balaban J connectivity index is 3.00. The number of carbonyl (C=O) groups excluding carboxylic acids is 1. The van der Waals surface area contributed by atoms with Crippen molar-refractivity contribution in [2.45, 2.75) is 12.6 Å². The van der Waals surface area contributed by atoms with Crippen LogP contribution in [0.1, 0.15) is 6.92 Å². The summed E-state index contributed by atoms with van der Waals surface area (Å²) in [5, 5.41) is 0.347. The minimum atomic E-state index is -1.60. The van der Waals surface area contributed by atoms with E-state index in [1.165, 1.54) is 6.08 Å². The summed E-state index contributed by atoms with van der Waals surface area (Å²) in [5.74, 6) is -0.308. The number of nitrogens with two attached hydrogens (primary N) is 2. The second kappa shape index (κ2) is 2.80. The van der Waals surface area contributed by atoms with Crippen LogP contribution in [-0.2, 0) is 9.53 Å². The van der Waals surface area contributed by atoms with Gasteiger partial charge < -0.3 is 10.5 Å². The molecule has 1 heterocycles. The number of primary amides is 1. The molecule has 0 aromatic rings. The number of hydrogen-bond acceptors (Lipinski definition) is 3. The first kappa shape index (κ1) is 9.09. The molecule has 0 radical (unpaired) electrons. The maximum Gasteiger partial charge on any atom is 0.281 e. The first-order valence-corrected chi connectivity index (χ1v) is 3.66. The Hall–Kier alpha value is -1.00. The Bertz CT molecular complexity index is 285. The lowest BCUT2D eigenvalue weighted by Crippen LogP contribution is -2.53. The van der Waals surface area contributed by atoms with Crippen LogP contribution in [0.25, 0.3) is 0 Å². The zero-order chi connectivity index (χ0) is 9.35. The zero-order valence-electron chi connectivity index (χ0n) is 6.50. The van der Waals surface area contributed by atoms with Gasteiger partial charge in [-0.15, -0.1) is 0 Å². The molecule has 5 heteroatoms. The predicted molar refractivity (Wildman–Crippen MR) is 44.9 cm³/mol. The van der Waals surface area contributed by atoms with Crippen LogP contribution in [0.3, 0.4) is 0 Å². The van der Waals surface area contributed by atoms with Crippen LogP contribution in [0.4, 0.5) is 0 Å². The van der Waals surface area contributed by atoms with Crippen LogP contribution >= 0.6 is 11.6 Å². The standard InChI is InChI=1S/C7H9ClN2O2/c1-4-2-5(8)3-7(10,12-4)6(9)11/h2-3H,10H2,1H3,(H2,9,11). The molecular formula is C7H9ClN2O2. The molecule has 0 saturated heterocycles. The van der Waals surface area contributed by atoms with Crippen molar-refractivity contribution in [3.05, 3.63) is 22.9 Å². The smallest absolute Gasteiger partial charge is 0.281 e. The van der Waals surface area contributed by atoms with Crippen LogP contribution in [0.5, 0.6) is 0 Å². The minimum Gasteiger partial charge on any atom is -0.464 e. The van der Waals surface area contributed by atoms with Crippen molar-refractivity contribution in [3.8, 4) is 0 Å². The van der Waals surface area contributed by atoms with E-state index in [1.54, 1.807) is 13.0 Å². The van der Waals surface area contributed by atoms with Gasteiger partial charge >= 0.3 is 0 Å². The monoisotopic (exact) mass is 188 g/mol. The third-order valence-electron chi connectivity index (χ3n) is 1.41. The fraction of sp³-hybridized carbons (Fsp3) is 0.286. The lowest BCUT2D eigenvalue weighted by molar-refractivity contribution is -0.133. The summed E-state index contributed by atoms with van der Waals surface area (Å²) in [7, 11) is 0. The van der Waals surface area contributed by atoms with Crippen molar-refractivity contribution in [3.63, 3.8) is 0 Å². The molecule has 0 saturated carbocycles. The average molecular weight is 189 g/mol. The molecule has 12 heavy (non-hydrogen) atoms. The molecule has 1 amide bonds. The van der Waals surface area contributed by atoms with Crippen molar-refractivity contribution in [2.75, 3.05) is 0 Å². The molecule has 1 atom stereocenters. The van der Waals surface area contributed by atoms with Gasteiger partial charge in [-0.25, -0.2) is 0 Å². The van der Waals surface area contributed by atoms with Gasteiger partial charge in [0.1, 0.15) is 0 Å². The molecule has 4 N–H and O–H groups in total. The van der Waals surface area contributed by atoms with E-state index in [4.69, 9.17) is 27.8 Å². The van der Waals surface area contributed by atoms with Crippen molar-refractivity contribution in [2.24, 2.45) is 11.5 Å². The van der Waals surface area contributed by atoms with Gasteiger partial charge in [-0.3, -0.25) is 10.5 Å². The van der Waals surface area contributed by atoms with E-state index in [2.05, 4.69) is 0 Å². The highest BCUT2D eigenvalue weighted by Gasteiger charge is 2.34. The van der Waals surface area contributed by atoms with E-state index in [9.17, 15) is 4.79 Å². The normalized spacial score (nSPS) is 28.6. The minimum absolute atomic E-state index is 0.347. The van der Waals surface area contributed by atoms with Crippen molar-refractivity contribution >= 4 is 17.5 Å². The van der Waals surface area contributed by atoms with E-state index in [-0.39, 0.29) is 0 Å². The third kappa shape index (κ3) is 1.60. The maximum absolute atomic E-state index is 10.8. The summed E-state index contributed by atoms with van der Waals surface area (Å²) in [6, 6.07) is 0. The molecule has 1 aliphatic heterocycles. The predicted octanol–water partition coefficient (Wildman–Crippen LogP) is 0.183. The van der Waals surface area contributed by atoms with Gasteiger partial charge in [0.2, 0.25) is 0 Å². The molecule has 1 aliphatic rings. The van der Waals surface area contributed by atoms with Crippen LogP contribution in [0.2, 0.25) is 0 Å². The van der Waals surface area contributed by atoms with Crippen LogP contribution in [-0.4, -0.2) is 11.6 Å². The summed E-state index contributed by atoms with van der Waals surface area (Å²) in [6.07, 6.45) is 2.82. The van der Waals surface area contributed by atoms with Gasteiger partial charge in [0.15, 0.2) is 0 Å². The topological polar surface area (TPSA) is 78.3 Å². The highest BCUT2D eigenvalue weighted by molar-refractivity contribution is 6.31. The van der Waals surface area contributed by atoms with Gasteiger partial charge in [0.05, 0.1) is 5.76 Å². The quantitative estimate of drug-likeness (QED) is 0.616. The number of hydrogen-bond donors (Lipinski definition) is 2. The highest BCUT2D eigenvalue weighted by Crippen LogP contribution is 2.22. The third-order valence-corrected chi connectivity index (χ3v) is 1.63. The van der Waals surface area contributed by atoms with Gasteiger partial charge in [-0.2, -0.15) is 0 Å². The van der Waals surface area contributed by atoms with E-state index in [0.29, 0.717) is 10.8 Å². The molecule has 0 spiro atoms. The molecule has 0 fully saturated rings. The van der Waals surface area contributed by atoms with E-state index in [1.807, 2.05) is 0 Å². The summed E-state index contributed by atoms with van der Waals surface area (Å²) in [6.45, 7) is 1.64. The average Bonchev–Trinajstić information content (AvgIpc) is 1.82. The molecule has 66 valence electrons. The fourth-order valence-electron chi connectivity index (χ4n) is 0.887. The van der Waals surface area contributed by atoms with Crippen molar-refractivity contribution in [1.82, 2.24) is 0 Å². The SMILES string of the molecule is CC1=CC(Cl)=CC(N)(C(N)=O)O1. The Labute approximate surface area is 74.8 Å². The summed E-state index contributed by atoms with van der Waals surface area (Å²) in [4.78, 5) is 10.8. The molecule has 0 aliphatic carbocycles. The summed E-state index contributed by atoms with van der Waals surface area (Å²) in [5.41, 5.74) is 8.89. The molecule has 0 aromatic carbocycles. The Morgan fingerprint density at radius 1 is 1.75 bits per heavy atom. The van der Waals surface area contributed by atoms with Crippen LogP contribution in [0.15, 0.2) is 22.9 Å². The van der Waals surface area contributed by atoms with E-state index < -0.39 is 11.6 Å². The first-order valence-electron chi connectivity index (χ1n) is 3.28. The summed E-state index contributed by atoms with van der Waals surface area (Å²) >= 11 is 5.66. The number of allylic oxidation sites excluding steroid dienone is 3. The van der Waals surface area contributed by atoms with Crippen molar-refractivity contribution < 1.29 is 9.53 Å². The Morgan fingerprint density at radius 3 is 2.75 bits per heavy atom. The second-order valence-corrected chi connectivity index (χ2v) is 2.98. The zero-order valence-corrected chi connectivity index (χ0v) is 7.26. The second-order valence-electron chi connectivity index (χ2n) is 2.54. The number of amides is 1. The summed E-state index contributed by atoms with van der Waals surface area (Å²) < 4.78 is 5.01. The Kier molecular flexibility index (Phi) is 2.12. The number of halogens is 1. The van der Waals surface area contributed by atoms with Gasteiger partial charge in [0.25, 0.3) is 11.6 Å². The number of rotatable bonds is 1. The first-order chi connectivity index (χ1) is 5.44. The molecule has 0 bridgehead atoms. The van der Waals surface area contributed by atoms with Gasteiger partial charge in [-0.05, 0) is 13.0 Å². The number of ether oxygens (including phenoxy) is 1. The van der Waals surface area contributed by atoms with E-state index in [0.717, 1.165) is 0 Å².